The second-order valence-electron chi connectivity index (χ2n) is 5.00. The Morgan fingerprint density at radius 3 is 2.76 bits per heavy atom. The highest BCUT2D eigenvalue weighted by Gasteiger charge is 2.19. The Bertz CT molecular complexity index is 766. The van der Waals surface area contributed by atoms with Crippen LogP contribution >= 0.6 is 11.6 Å². The highest BCUT2D eigenvalue weighted by Crippen LogP contribution is 2.31. The molecule has 0 saturated heterocycles. The number of nitrogens with zero attached hydrogens (tertiary/aromatic N) is 1. The summed E-state index contributed by atoms with van der Waals surface area (Å²) in [5.74, 6) is 0.832. The monoisotopic (exact) mass is 300 g/mol. The van der Waals surface area contributed by atoms with Crippen LogP contribution in [0.3, 0.4) is 0 Å². The van der Waals surface area contributed by atoms with E-state index in [-0.39, 0.29) is 6.04 Å². The third-order valence-electron chi connectivity index (χ3n) is 3.41. The molecule has 0 aliphatic heterocycles. The molecule has 0 bridgehead atoms. The Kier molecular flexibility index (Phi) is 3.95. The largest absolute Gasteiger partial charge is 0.457 e. The maximum absolute atomic E-state index is 6.19. The van der Waals surface area contributed by atoms with Crippen molar-refractivity contribution in [3.63, 3.8) is 0 Å². The van der Waals surface area contributed by atoms with Crippen molar-refractivity contribution in [2.24, 2.45) is 0 Å². The summed E-state index contributed by atoms with van der Waals surface area (Å²) in [6.45, 7) is 4.88. The fourth-order valence-electron chi connectivity index (χ4n) is 2.47. The smallest absolute Gasteiger partial charge is 0.152 e. The number of rotatable bonds is 4. The van der Waals surface area contributed by atoms with Crippen LogP contribution in [0, 0.1) is 6.92 Å². The number of nitrogens with one attached hydrogen (secondary N) is 1. The van der Waals surface area contributed by atoms with Gasteiger partial charge in [-0.3, -0.25) is 4.98 Å². The van der Waals surface area contributed by atoms with Crippen molar-refractivity contribution in [2.45, 2.75) is 19.9 Å². The molecular weight excluding hydrogens is 284 g/mol. The molecule has 0 aliphatic carbocycles. The maximum Gasteiger partial charge on any atom is 0.152 e. The number of hydrogen-bond acceptors (Lipinski definition) is 3. The summed E-state index contributed by atoms with van der Waals surface area (Å²) in [5, 5.41) is 5.06. The number of hydrogen-bond donors (Lipinski definition) is 1. The lowest BCUT2D eigenvalue weighted by molar-refractivity contribution is 0.471. The molecule has 1 N–H and O–H groups in total. The molecule has 0 amide bonds. The first-order valence-corrected chi connectivity index (χ1v) is 7.41. The van der Waals surface area contributed by atoms with Crippen molar-refractivity contribution in [3.8, 4) is 0 Å². The van der Waals surface area contributed by atoms with E-state index in [1.165, 1.54) is 0 Å². The Morgan fingerprint density at radius 1 is 1.24 bits per heavy atom. The van der Waals surface area contributed by atoms with Gasteiger partial charge < -0.3 is 9.73 Å². The van der Waals surface area contributed by atoms with Crippen LogP contribution in [0.15, 0.2) is 46.9 Å². The highest BCUT2D eigenvalue weighted by atomic mass is 35.5. The third-order valence-corrected chi connectivity index (χ3v) is 3.71. The van der Waals surface area contributed by atoms with Crippen LogP contribution in [-0.2, 0) is 0 Å². The molecule has 2 heterocycles. The van der Waals surface area contributed by atoms with E-state index in [0.29, 0.717) is 5.02 Å². The van der Waals surface area contributed by atoms with E-state index in [1.807, 2.05) is 49.4 Å². The lowest BCUT2D eigenvalue weighted by atomic mass is 10.1. The van der Waals surface area contributed by atoms with Gasteiger partial charge in [0.15, 0.2) is 5.58 Å². The Labute approximate surface area is 128 Å². The van der Waals surface area contributed by atoms with Gasteiger partial charge in [0, 0.05) is 11.1 Å². The molecule has 3 nitrogen and oxygen atoms in total. The summed E-state index contributed by atoms with van der Waals surface area (Å²) in [5.41, 5.74) is 2.67. The summed E-state index contributed by atoms with van der Waals surface area (Å²) in [6, 6.07) is 13.7. The predicted molar refractivity (Wildman–Crippen MR) is 85.7 cm³/mol. The van der Waals surface area contributed by atoms with Gasteiger partial charge >= 0.3 is 0 Å². The average molecular weight is 301 g/mol. The van der Waals surface area contributed by atoms with Crippen LogP contribution in [0.25, 0.3) is 11.0 Å². The van der Waals surface area contributed by atoms with Crippen LogP contribution in [0.1, 0.15) is 30.1 Å². The van der Waals surface area contributed by atoms with Gasteiger partial charge in [0.2, 0.25) is 0 Å². The third kappa shape index (κ3) is 2.80. The van der Waals surface area contributed by atoms with E-state index in [2.05, 4.69) is 17.2 Å². The maximum atomic E-state index is 6.19. The number of pyridine rings is 1. The first-order valence-electron chi connectivity index (χ1n) is 7.04. The van der Waals surface area contributed by atoms with Crippen molar-refractivity contribution in [1.82, 2.24) is 10.3 Å². The molecule has 3 aromatic rings. The molecule has 0 fully saturated rings. The summed E-state index contributed by atoms with van der Waals surface area (Å²) in [6.07, 6.45) is 0. The quantitative estimate of drug-likeness (QED) is 0.771. The second-order valence-corrected chi connectivity index (χ2v) is 5.41. The molecule has 0 saturated carbocycles. The van der Waals surface area contributed by atoms with Crippen molar-refractivity contribution >= 4 is 22.6 Å². The van der Waals surface area contributed by atoms with Crippen LogP contribution in [0.2, 0.25) is 5.02 Å². The van der Waals surface area contributed by atoms with Gasteiger partial charge in [-0.1, -0.05) is 36.7 Å². The van der Waals surface area contributed by atoms with Gasteiger partial charge in [0.25, 0.3) is 0 Å². The molecule has 3 rings (SSSR count). The number of para-hydroxylation sites is 1. The topological polar surface area (TPSA) is 38.1 Å². The first kappa shape index (κ1) is 14.1. The minimum atomic E-state index is -0.0710. The zero-order valence-electron chi connectivity index (χ0n) is 12.1. The van der Waals surface area contributed by atoms with E-state index in [0.717, 1.165) is 34.7 Å². The zero-order chi connectivity index (χ0) is 14.8. The Morgan fingerprint density at radius 2 is 2.05 bits per heavy atom. The van der Waals surface area contributed by atoms with E-state index in [4.69, 9.17) is 16.0 Å². The first-order chi connectivity index (χ1) is 10.2. The van der Waals surface area contributed by atoms with E-state index in [1.54, 1.807) is 0 Å². The van der Waals surface area contributed by atoms with Crippen molar-refractivity contribution in [3.05, 3.63) is 64.6 Å². The summed E-state index contributed by atoms with van der Waals surface area (Å²) in [4.78, 5) is 4.61. The van der Waals surface area contributed by atoms with Gasteiger partial charge in [0.1, 0.15) is 11.8 Å². The van der Waals surface area contributed by atoms with Gasteiger partial charge in [-0.25, -0.2) is 0 Å². The van der Waals surface area contributed by atoms with Crippen LogP contribution in [0.4, 0.5) is 0 Å². The molecule has 1 atom stereocenters. The van der Waals surface area contributed by atoms with Crippen LogP contribution in [-0.4, -0.2) is 11.5 Å². The fourth-order valence-corrected chi connectivity index (χ4v) is 2.69. The molecule has 0 spiro atoms. The molecule has 4 heteroatoms. The van der Waals surface area contributed by atoms with Crippen molar-refractivity contribution in [2.75, 3.05) is 6.54 Å². The zero-order valence-corrected chi connectivity index (χ0v) is 12.8. The van der Waals surface area contributed by atoms with Crippen molar-refractivity contribution in [1.29, 1.82) is 0 Å². The SMILES string of the molecule is CCNC(c1cccc(C)n1)c1cc2cccc(Cl)c2o1. The van der Waals surface area contributed by atoms with E-state index < -0.39 is 0 Å². The summed E-state index contributed by atoms with van der Waals surface area (Å²) >= 11 is 6.19. The fraction of sp³-hybridized carbons (Fsp3) is 0.235. The molecule has 2 aromatic heterocycles. The number of aryl methyl sites for hydroxylation is 1. The number of benzene rings is 1. The highest BCUT2D eigenvalue weighted by molar-refractivity contribution is 6.34. The normalized spacial score (nSPS) is 12.7. The lowest BCUT2D eigenvalue weighted by Gasteiger charge is -2.15. The molecule has 0 radical (unpaired) electrons. The van der Waals surface area contributed by atoms with E-state index in [9.17, 15) is 0 Å². The number of aromatic nitrogens is 1. The van der Waals surface area contributed by atoms with Gasteiger partial charge in [-0.15, -0.1) is 0 Å². The molecule has 21 heavy (non-hydrogen) atoms. The molecule has 108 valence electrons. The van der Waals surface area contributed by atoms with Gasteiger partial charge in [-0.05, 0) is 37.7 Å². The number of furan rings is 1. The van der Waals surface area contributed by atoms with Crippen LogP contribution in [0.5, 0.6) is 0 Å². The van der Waals surface area contributed by atoms with Crippen LogP contribution < -0.4 is 5.32 Å². The lowest BCUT2D eigenvalue weighted by Crippen LogP contribution is -2.22. The minimum absolute atomic E-state index is 0.0710. The summed E-state index contributed by atoms with van der Waals surface area (Å²) < 4.78 is 5.97. The Hall–Kier alpha value is -1.84. The molecule has 0 aliphatic rings. The predicted octanol–water partition coefficient (Wildman–Crippen LogP) is 4.49. The molecular formula is C17H17ClN2O. The van der Waals surface area contributed by atoms with Gasteiger partial charge in [0.05, 0.1) is 10.7 Å². The Balaban J connectivity index is 2.09. The standard InChI is InChI=1S/C17H17ClN2O/c1-3-19-16(14-9-4-6-11(2)20-14)15-10-12-7-5-8-13(18)17(12)21-15/h4-10,16,19H,3H2,1-2H3. The molecule has 1 unspecified atom stereocenters. The summed E-state index contributed by atoms with van der Waals surface area (Å²) in [7, 11) is 0. The molecule has 1 aromatic carbocycles. The average Bonchev–Trinajstić information content (AvgIpc) is 2.90. The number of halogens is 1. The van der Waals surface area contributed by atoms with Crippen molar-refractivity contribution < 1.29 is 4.42 Å². The second kappa shape index (κ2) is 5.88. The number of fused-ring (bicyclic) bond motifs is 1. The van der Waals surface area contributed by atoms with E-state index >= 15 is 0 Å². The minimum Gasteiger partial charge on any atom is -0.457 e. The van der Waals surface area contributed by atoms with Gasteiger partial charge in [-0.2, -0.15) is 0 Å².